The molecule has 140 heavy (non-hydrogen) atoms. The summed E-state index contributed by atoms with van der Waals surface area (Å²) in [5.41, 5.74) is 19.4. The Kier molecular flexibility index (Phi) is 34.7. The minimum absolute atomic E-state index is 0.0766. The number of anilines is 4. The normalized spacial score (nSPS) is 11.9. The molecule has 0 aliphatic carbocycles. The second-order valence-electron chi connectivity index (χ2n) is 33.8. The van der Waals surface area contributed by atoms with Crippen molar-refractivity contribution in [1.29, 1.82) is 0 Å². The van der Waals surface area contributed by atoms with E-state index in [4.69, 9.17) is 105 Å². The van der Waals surface area contributed by atoms with Crippen LogP contribution in [0.25, 0.3) is 43.6 Å². The fraction of sp³-hybridized carbons (Fsp3) is 0.236. The summed E-state index contributed by atoms with van der Waals surface area (Å²) in [4.78, 5) is 68.7. The summed E-state index contributed by atoms with van der Waals surface area (Å²) in [6, 6.07) is 54.2. The highest BCUT2D eigenvalue weighted by molar-refractivity contribution is 6.32. The number of carbonyl (C=O) groups excluding carboxylic acids is 4. The number of aryl methyl sites for hydroxylation is 10. The summed E-state index contributed by atoms with van der Waals surface area (Å²) in [7, 11) is 6.21. The van der Waals surface area contributed by atoms with Crippen LogP contribution in [0.2, 0.25) is 20.1 Å². The third kappa shape index (κ3) is 25.0. The van der Waals surface area contributed by atoms with Crippen LogP contribution in [0.4, 0.5) is 31.5 Å². The molecule has 4 heterocycles. The molecule has 16 aromatic rings. The van der Waals surface area contributed by atoms with Gasteiger partial charge >= 0.3 is 0 Å². The van der Waals surface area contributed by atoms with Crippen LogP contribution in [0.15, 0.2) is 219 Å². The molecule has 0 radical (unpaired) electrons. The number of fused-ring (bicyclic) bond motifs is 4. The van der Waals surface area contributed by atoms with Crippen LogP contribution in [0, 0.1) is 80.9 Å². The Labute approximate surface area is 829 Å². The topological polar surface area (TPSA) is 334 Å². The summed E-state index contributed by atoms with van der Waals surface area (Å²) in [5, 5.41) is 55.4. The first kappa shape index (κ1) is 103. The number of ether oxygens (including phenoxy) is 8. The summed E-state index contributed by atoms with van der Waals surface area (Å²) in [5.74, 6) is 2.98. The first-order chi connectivity index (χ1) is 67.2. The number of hydrogen-bond acceptors (Lipinski definition) is 20. The predicted octanol–water partition coefficient (Wildman–Crippen LogP) is 24.3. The van der Waals surface area contributed by atoms with Crippen LogP contribution in [-0.2, 0) is 0 Å². The lowest BCUT2D eigenvalue weighted by Gasteiger charge is -2.22. The summed E-state index contributed by atoms with van der Waals surface area (Å²) in [6.07, 6.45) is 6.77. The predicted molar refractivity (Wildman–Crippen MR) is 551 cm³/mol. The zero-order chi connectivity index (χ0) is 100. The van der Waals surface area contributed by atoms with Gasteiger partial charge in [-0.05, 0) is 221 Å². The zero-order valence-electron chi connectivity index (χ0n) is 79.7. The number of nitrogens with one attached hydrogen (secondary N) is 8. The summed E-state index contributed by atoms with van der Waals surface area (Å²) >= 11 is 24.8. The lowest BCUT2D eigenvalue weighted by atomic mass is 9.93. The quantitative estimate of drug-likeness (QED) is 0.0162. The number of aliphatic hydroxyl groups excluding tert-OH is 4. The molecule has 24 nitrogen and oxygen atoms in total. The fourth-order valence-corrected chi connectivity index (χ4v) is 17.8. The monoisotopic (exact) mass is 1980 g/mol. The molecular weight excluding hydrogens is 1870 g/mol. The van der Waals surface area contributed by atoms with Crippen molar-refractivity contribution < 1.29 is 86.3 Å². The number of aromatic amines is 4. The number of ketones is 4. The maximum Gasteiger partial charge on any atom is 0.191 e. The van der Waals surface area contributed by atoms with E-state index in [2.05, 4.69) is 53.3 Å². The number of benzene rings is 12. The maximum atomic E-state index is 14.1. The Morgan fingerprint density at radius 1 is 0.293 bits per heavy atom. The Morgan fingerprint density at radius 2 is 0.536 bits per heavy atom. The molecule has 0 aliphatic rings. The van der Waals surface area contributed by atoms with Crippen molar-refractivity contribution in [2.45, 2.75) is 93.4 Å². The van der Waals surface area contributed by atoms with E-state index in [9.17, 15) is 28.0 Å². The number of aromatic nitrogens is 4. The number of carbonyl (C=O) groups is 4. The van der Waals surface area contributed by atoms with Gasteiger partial charge in [-0.25, -0.2) is 8.78 Å². The van der Waals surface area contributed by atoms with Crippen LogP contribution >= 0.6 is 46.4 Å². The van der Waals surface area contributed by atoms with E-state index in [-0.39, 0.29) is 87.6 Å². The molecule has 0 fully saturated rings. The molecule has 0 bridgehead atoms. The van der Waals surface area contributed by atoms with Crippen LogP contribution in [0.3, 0.4) is 0 Å². The van der Waals surface area contributed by atoms with Crippen molar-refractivity contribution in [1.82, 2.24) is 19.9 Å². The van der Waals surface area contributed by atoms with E-state index in [0.717, 1.165) is 88.6 Å². The van der Waals surface area contributed by atoms with Crippen LogP contribution in [0.1, 0.15) is 143 Å². The minimum atomic E-state index is -0.783. The molecule has 4 aromatic heterocycles. The van der Waals surface area contributed by atoms with Crippen molar-refractivity contribution in [3.05, 3.63) is 351 Å². The van der Waals surface area contributed by atoms with Gasteiger partial charge in [0.15, 0.2) is 23.1 Å². The van der Waals surface area contributed by atoms with Gasteiger partial charge in [0.05, 0.1) is 54.9 Å². The number of methoxy groups -OCH3 is 4. The standard InChI is InChI=1S/2C28H29ClN2O4.2C27H26ClFN2O4/c2*1-16-9-18(3)26-24(10-16)25(15-30-26)28(33)27(23-6-5-19(29)11-17(23)2)31-20-12-21(34-4)14-22(13-20)35-8-7-32;2*1-15-8-17(28)4-5-21(15)26(31-18-10-19(34-3)12-20(11-18)35-7-6-32)27(33)23-14-30-25-13-24(29)16(2)9-22(23)25/h2*5-6,9-15,27,30-32H,7-8H2,1-4H3;2*4-5,8-14,26,30-32H,6-7H2,1-3H3. The number of Topliss-reactive ketones (excluding diaryl/α,β-unsaturated/α-hetero) is 4. The molecule has 12 N–H and O–H groups in total. The fourth-order valence-electron chi connectivity index (χ4n) is 16.9. The zero-order valence-corrected chi connectivity index (χ0v) is 82.7. The number of rotatable bonds is 36. The highest BCUT2D eigenvalue weighted by Gasteiger charge is 2.33. The van der Waals surface area contributed by atoms with E-state index in [1.165, 1.54) is 26.4 Å². The van der Waals surface area contributed by atoms with Gasteiger partial charge in [-0.3, -0.25) is 19.2 Å². The summed E-state index contributed by atoms with van der Waals surface area (Å²) in [6.45, 7) is 19.2. The smallest absolute Gasteiger partial charge is 0.191 e. The Hall–Kier alpha value is -14.1. The van der Waals surface area contributed by atoms with E-state index < -0.39 is 24.2 Å². The third-order valence-electron chi connectivity index (χ3n) is 23.6. The van der Waals surface area contributed by atoms with Gasteiger partial charge in [0.2, 0.25) is 0 Å². The average Bonchev–Trinajstić information content (AvgIpc) is 1.64. The molecule has 0 amide bonds. The van der Waals surface area contributed by atoms with Gasteiger partial charge in [0, 0.05) is 206 Å². The van der Waals surface area contributed by atoms with Gasteiger partial charge in [0.1, 0.15) is 108 Å². The molecule has 728 valence electrons. The van der Waals surface area contributed by atoms with Gasteiger partial charge in [0.25, 0.3) is 0 Å². The van der Waals surface area contributed by atoms with Gasteiger partial charge < -0.3 is 99.5 Å². The summed E-state index contributed by atoms with van der Waals surface area (Å²) < 4.78 is 72.2. The van der Waals surface area contributed by atoms with Crippen molar-refractivity contribution in [3.8, 4) is 46.0 Å². The van der Waals surface area contributed by atoms with Gasteiger partial charge in [-0.15, -0.1) is 0 Å². The number of hydrogen-bond donors (Lipinski definition) is 12. The highest BCUT2D eigenvalue weighted by atomic mass is 35.5. The molecular formula is C110H110Cl4F2N8O16. The molecule has 4 unspecified atom stereocenters. The van der Waals surface area contributed by atoms with E-state index in [0.29, 0.717) is 144 Å². The molecule has 0 spiro atoms. The third-order valence-corrected chi connectivity index (χ3v) is 24.6. The van der Waals surface area contributed by atoms with Gasteiger partial charge in [-0.2, -0.15) is 0 Å². The second kappa shape index (κ2) is 47.1. The maximum absolute atomic E-state index is 14.1. The van der Waals surface area contributed by atoms with E-state index in [1.807, 2.05) is 104 Å². The number of halogens is 6. The second-order valence-corrected chi connectivity index (χ2v) is 35.5. The number of aliphatic hydroxyl groups is 4. The largest absolute Gasteiger partial charge is 0.497 e. The van der Waals surface area contributed by atoms with Crippen LogP contribution in [0.5, 0.6) is 46.0 Å². The van der Waals surface area contributed by atoms with Crippen LogP contribution in [-0.4, -0.2) is 145 Å². The lowest BCUT2D eigenvalue weighted by Crippen LogP contribution is -2.22. The minimum Gasteiger partial charge on any atom is -0.497 e. The highest BCUT2D eigenvalue weighted by Crippen LogP contribution is 2.42. The Bertz CT molecular complexity index is 6800. The van der Waals surface area contributed by atoms with Crippen molar-refractivity contribution in [2.75, 3.05) is 103 Å². The molecule has 16 rings (SSSR count). The van der Waals surface area contributed by atoms with Gasteiger partial charge in [-0.1, -0.05) is 93.9 Å². The number of H-pyrrole nitrogens is 4. The Morgan fingerprint density at radius 3 is 0.779 bits per heavy atom. The van der Waals surface area contributed by atoms with Crippen molar-refractivity contribution in [2.24, 2.45) is 0 Å². The van der Waals surface area contributed by atoms with E-state index >= 15 is 0 Å². The SMILES string of the molecule is COc1cc(NC(C(=O)c2c[nH]c3c(C)cc(C)cc23)c2ccc(Cl)cc2C)cc(OCCO)c1.COc1cc(NC(C(=O)c2c[nH]c3c(C)cc(C)cc23)c2ccc(Cl)cc2C)cc(OCCO)c1.COc1cc(NC(C(=O)c2c[nH]c3cc(F)c(C)cc23)c2ccc(Cl)cc2C)cc(OCCO)c1.COc1cc(NC(C(=O)c2c[nH]c3cc(F)c(C)cc23)c2ccc(Cl)cc2C)cc(OCCO)c1. The molecule has 0 saturated carbocycles. The molecule has 0 aliphatic heterocycles. The molecule has 12 aromatic carbocycles. The Balaban J connectivity index is 0.000000157. The lowest BCUT2D eigenvalue weighted by molar-refractivity contribution is 0.0963. The van der Waals surface area contributed by atoms with Crippen molar-refractivity contribution >= 4 is 136 Å². The van der Waals surface area contributed by atoms with E-state index in [1.54, 1.807) is 174 Å². The molecule has 30 heteroatoms. The molecule has 4 atom stereocenters. The first-order valence-electron chi connectivity index (χ1n) is 44.9. The van der Waals surface area contributed by atoms with Crippen LogP contribution < -0.4 is 59.2 Å². The first-order valence-corrected chi connectivity index (χ1v) is 46.4. The average molecular weight is 1980 g/mol. The van der Waals surface area contributed by atoms with Crippen molar-refractivity contribution in [3.63, 3.8) is 0 Å². The molecule has 0 saturated heterocycles.